The van der Waals surface area contributed by atoms with Gasteiger partial charge in [-0.05, 0) is 30.2 Å². The van der Waals surface area contributed by atoms with Crippen LogP contribution in [0.2, 0.25) is 0 Å². The van der Waals surface area contributed by atoms with Gasteiger partial charge in [0.05, 0.1) is 16.8 Å². The van der Waals surface area contributed by atoms with Gasteiger partial charge in [-0.15, -0.1) is 0 Å². The van der Waals surface area contributed by atoms with Crippen LogP contribution >= 0.6 is 0 Å². The van der Waals surface area contributed by atoms with Crippen molar-refractivity contribution in [2.45, 2.75) is 16.2 Å². The third-order valence-electron chi connectivity index (χ3n) is 3.29. The first kappa shape index (κ1) is 14.0. The van der Waals surface area contributed by atoms with E-state index in [0.717, 1.165) is 0 Å². The molecule has 0 saturated carbocycles. The SMILES string of the molecule is NS(=O)(=O)c1ccc2c(c1)CCN2S(=O)(=O)c1cn[nH]c1. The summed E-state index contributed by atoms with van der Waals surface area (Å²) in [5.74, 6) is 0. The van der Waals surface area contributed by atoms with Crippen LogP contribution in [0.1, 0.15) is 5.56 Å². The van der Waals surface area contributed by atoms with Crippen molar-refractivity contribution in [2.75, 3.05) is 10.8 Å². The first-order valence-electron chi connectivity index (χ1n) is 5.97. The van der Waals surface area contributed by atoms with Crippen molar-refractivity contribution in [3.63, 3.8) is 0 Å². The largest absolute Gasteiger partial charge is 0.284 e. The van der Waals surface area contributed by atoms with Gasteiger partial charge in [0, 0.05) is 12.7 Å². The minimum absolute atomic E-state index is 0.0243. The Labute approximate surface area is 121 Å². The van der Waals surface area contributed by atoms with Gasteiger partial charge in [0.2, 0.25) is 10.0 Å². The second kappa shape index (κ2) is 4.55. The zero-order valence-corrected chi connectivity index (χ0v) is 12.4. The van der Waals surface area contributed by atoms with E-state index in [2.05, 4.69) is 10.2 Å². The molecule has 8 nitrogen and oxygen atoms in total. The van der Waals surface area contributed by atoms with E-state index in [-0.39, 0.29) is 16.3 Å². The van der Waals surface area contributed by atoms with Crippen molar-refractivity contribution >= 4 is 25.7 Å². The second-order valence-electron chi connectivity index (χ2n) is 4.60. The molecule has 0 unspecified atom stereocenters. The minimum Gasteiger partial charge on any atom is -0.284 e. The molecule has 0 fully saturated rings. The van der Waals surface area contributed by atoms with Gasteiger partial charge in [-0.3, -0.25) is 9.40 Å². The Morgan fingerprint density at radius 3 is 2.57 bits per heavy atom. The highest BCUT2D eigenvalue weighted by Crippen LogP contribution is 2.33. The summed E-state index contributed by atoms with van der Waals surface area (Å²) in [6, 6.07) is 4.17. The van der Waals surface area contributed by atoms with E-state index >= 15 is 0 Å². The third kappa shape index (κ3) is 2.30. The van der Waals surface area contributed by atoms with Crippen LogP contribution in [0.5, 0.6) is 0 Å². The van der Waals surface area contributed by atoms with Crippen LogP contribution < -0.4 is 9.44 Å². The number of hydrogen-bond donors (Lipinski definition) is 2. The van der Waals surface area contributed by atoms with E-state index < -0.39 is 20.0 Å². The molecule has 10 heteroatoms. The van der Waals surface area contributed by atoms with Crippen molar-refractivity contribution < 1.29 is 16.8 Å². The van der Waals surface area contributed by atoms with Crippen molar-refractivity contribution in [2.24, 2.45) is 5.14 Å². The quantitative estimate of drug-likeness (QED) is 0.807. The fraction of sp³-hybridized carbons (Fsp3) is 0.182. The standard InChI is InChI=1S/C11H12N4O4S2/c12-20(16,17)9-1-2-11-8(5-9)3-4-15(11)21(18,19)10-6-13-14-7-10/h1-2,5-7H,3-4H2,(H,13,14)(H2,12,16,17). The lowest BCUT2D eigenvalue weighted by Gasteiger charge is -2.18. The van der Waals surface area contributed by atoms with Gasteiger partial charge < -0.3 is 0 Å². The van der Waals surface area contributed by atoms with E-state index in [1.807, 2.05) is 0 Å². The summed E-state index contributed by atoms with van der Waals surface area (Å²) in [6.45, 7) is 0.247. The van der Waals surface area contributed by atoms with Crippen LogP contribution in [0.15, 0.2) is 40.4 Å². The highest BCUT2D eigenvalue weighted by molar-refractivity contribution is 7.92. The van der Waals surface area contributed by atoms with Crippen molar-refractivity contribution in [1.82, 2.24) is 10.2 Å². The zero-order valence-electron chi connectivity index (χ0n) is 10.7. The molecule has 2 heterocycles. The Balaban J connectivity index is 2.06. The number of aromatic nitrogens is 2. The number of nitrogens with two attached hydrogens (primary N) is 1. The summed E-state index contributed by atoms with van der Waals surface area (Å²) in [5, 5.41) is 11.2. The first-order chi connectivity index (χ1) is 9.80. The maximum absolute atomic E-state index is 12.5. The Hall–Kier alpha value is -1.91. The van der Waals surface area contributed by atoms with E-state index in [0.29, 0.717) is 17.7 Å². The third-order valence-corrected chi connectivity index (χ3v) is 5.98. The maximum atomic E-state index is 12.5. The van der Waals surface area contributed by atoms with Gasteiger partial charge in [-0.25, -0.2) is 22.0 Å². The molecule has 1 aliphatic heterocycles. The lowest BCUT2D eigenvalue weighted by atomic mass is 10.2. The predicted molar refractivity (Wildman–Crippen MR) is 74.6 cm³/mol. The highest BCUT2D eigenvalue weighted by Gasteiger charge is 2.32. The molecule has 0 spiro atoms. The number of benzene rings is 1. The lowest BCUT2D eigenvalue weighted by molar-refractivity contribution is 0.592. The van der Waals surface area contributed by atoms with Gasteiger partial charge in [0.25, 0.3) is 10.0 Å². The maximum Gasteiger partial charge on any atom is 0.267 e. The number of anilines is 1. The number of aromatic amines is 1. The summed E-state index contributed by atoms with van der Waals surface area (Å²) >= 11 is 0. The van der Waals surface area contributed by atoms with Gasteiger partial charge in [0.15, 0.2) is 0 Å². The molecule has 21 heavy (non-hydrogen) atoms. The molecule has 0 amide bonds. The predicted octanol–water partition coefficient (Wildman–Crippen LogP) is -0.191. The molecule has 0 radical (unpaired) electrons. The summed E-state index contributed by atoms with van der Waals surface area (Å²) in [5.41, 5.74) is 1.09. The van der Waals surface area contributed by atoms with Gasteiger partial charge in [-0.1, -0.05) is 0 Å². The number of rotatable bonds is 3. The van der Waals surface area contributed by atoms with E-state index in [1.54, 1.807) is 0 Å². The highest BCUT2D eigenvalue weighted by atomic mass is 32.2. The molecule has 112 valence electrons. The van der Waals surface area contributed by atoms with E-state index in [9.17, 15) is 16.8 Å². The molecule has 1 aromatic carbocycles. The van der Waals surface area contributed by atoms with E-state index in [4.69, 9.17) is 5.14 Å². The Morgan fingerprint density at radius 1 is 1.19 bits per heavy atom. The normalized spacial score (nSPS) is 15.2. The molecule has 0 aliphatic carbocycles. The molecule has 1 aromatic heterocycles. The molecule has 2 aromatic rings. The number of fused-ring (bicyclic) bond motifs is 1. The second-order valence-corrected chi connectivity index (χ2v) is 8.02. The fourth-order valence-corrected chi connectivity index (χ4v) is 4.26. The summed E-state index contributed by atoms with van der Waals surface area (Å²) in [7, 11) is -7.50. The summed E-state index contributed by atoms with van der Waals surface area (Å²) in [4.78, 5) is 0.0367. The van der Waals surface area contributed by atoms with Gasteiger partial charge in [0.1, 0.15) is 4.90 Å². The van der Waals surface area contributed by atoms with Crippen LogP contribution in [0.4, 0.5) is 5.69 Å². The Morgan fingerprint density at radius 2 is 1.95 bits per heavy atom. The number of nitrogens with zero attached hydrogens (tertiary/aromatic N) is 2. The topological polar surface area (TPSA) is 126 Å². The summed E-state index contributed by atoms with van der Waals surface area (Å²) in [6.07, 6.45) is 2.95. The molecule has 1 aliphatic rings. The van der Waals surface area contributed by atoms with Crippen LogP contribution in [-0.4, -0.2) is 33.6 Å². The van der Waals surface area contributed by atoms with Crippen LogP contribution in [0.25, 0.3) is 0 Å². The smallest absolute Gasteiger partial charge is 0.267 e. The molecule has 0 atom stereocenters. The number of nitrogens with one attached hydrogen (secondary N) is 1. The van der Waals surface area contributed by atoms with Crippen LogP contribution in [0, 0.1) is 0 Å². The molecule has 3 N–H and O–H groups in total. The van der Waals surface area contributed by atoms with Gasteiger partial charge >= 0.3 is 0 Å². The average molecular weight is 328 g/mol. The lowest BCUT2D eigenvalue weighted by Crippen LogP contribution is -2.28. The Bertz CT molecular complexity index is 888. The Kier molecular flexibility index (Phi) is 3.04. The van der Waals surface area contributed by atoms with Crippen LogP contribution in [0.3, 0.4) is 0 Å². The van der Waals surface area contributed by atoms with Crippen LogP contribution in [-0.2, 0) is 26.5 Å². The number of sulfonamides is 2. The number of hydrogen-bond acceptors (Lipinski definition) is 5. The molecular weight excluding hydrogens is 316 g/mol. The van der Waals surface area contributed by atoms with Crippen molar-refractivity contribution in [1.29, 1.82) is 0 Å². The van der Waals surface area contributed by atoms with Gasteiger partial charge in [-0.2, -0.15) is 5.10 Å². The molecule has 0 saturated heterocycles. The molecule has 3 rings (SSSR count). The number of primary sulfonamides is 1. The zero-order chi connectivity index (χ0) is 15.3. The summed E-state index contributed by atoms with van der Waals surface area (Å²) < 4.78 is 48.8. The first-order valence-corrected chi connectivity index (χ1v) is 8.96. The molecule has 0 bridgehead atoms. The fourth-order valence-electron chi connectivity index (χ4n) is 2.28. The monoisotopic (exact) mass is 328 g/mol. The average Bonchev–Trinajstić information content (AvgIpc) is 3.07. The number of H-pyrrole nitrogens is 1. The van der Waals surface area contributed by atoms with Crippen molar-refractivity contribution in [3.05, 3.63) is 36.2 Å². The van der Waals surface area contributed by atoms with E-state index in [1.165, 1.54) is 34.9 Å². The van der Waals surface area contributed by atoms with Crippen molar-refractivity contribution in [3.8, 4) is 0 Å². The molecular formula is C11H12N4O4S2. The minimum atomic E-state index is -3.80.